The third-order valence-electron chi connectivity index (χ3n) is 3.38. The van der Waals surface area contributed by atoms with E-state index in [1.807, 2.05) is 0 Å². The van der Waals surface area contributed by atoms with E-state index in [0.717, 1.165) is 19.5 Å². The molecule has 1 saturated heterocycles. The summed E-state index contributed by atoms with van der Waals surface area (Å²) in [5.74, 6) is 0. The molecular weight excluding hydrogens is 172 g/mol. The molecule has 2 aliphatic rings. The summed E-state index contributed by atoms with van der Waals surface area (Å²) < 4.78 is 0. The lowest BCUT2D eigenvalue weighted by Crippen LogP contribution is -2.54. The molecule has 0 amide bonds. The first-order valence-electron chi connectivity index (χ1n) is 5.52. The van der Waals surface area contributed by atoms with Crippen molar-refractivity contribution in [2.45, 2.75) is 25.8 Å². The molecule has 0 bridgehead atoms. The van der Waals surface area contributed by atoms with Crippen LogP contribution in [0.5, 0.6) is 0 Å². The van der Waals surface area contributed by atoms with Crippen LogP contribution in [0.1, 0.15) is 20.3 Å². The molecule has 0 spiro atoms. The summed E-state index contributed by atoms with van der Waals surface area (Å²) in [4.78, 5) is 2.59. The Morgan fingerprint density at radius 2 is 2.07 bits per heavy atom. The second kappa shape index (κ2) is 3.87. The first-order valence-corrected chi connectivity index (χ1v) is 5.52. The maximum atomic E-state index is 3.40. The Bertz CT molecular complexity index is 261. The molecule has 0 radical (unpaired) electrons. The molecule has 78 valence electrons. The summed E-state index contributed by atoms with van der Waals surface area (Å²) in [6.45, 7) is 9.13. The van der Waals surface area contributed by atoms with Crippen LogP contribution in [0.4, 0.5) is 0 Å². The average molecular weight is 192 g/mol. The van der Waals surface area contributed by atoms with E-state index in [2.05, 4.69) is 42.3 Å². The van der Waals surface area contributed by atoms with Crippen LogP contribution >= 0.6 is 0 Å². The number of rotatable bonds is 1. The van der Waals surface area contributed by atoms with Crippen molar-refractivity contribution in [1.29, 1.82) is 0 Å². The molecule has 1 fully saturated rings. The fourth-order valence-electron chi connectivity index (χ4n) is 2.22. The van der Waals surface area contributed by atoms with Crippen LogP contribution in [0.2, 0.25) is 0 Å². The predicted molar refractivity (Wildman–Crippen MR) is 60.4 cm³/mol. The van der Waals surface area contributed by atoms with Crippen molar-refractivity contribution in [3.8, 4) is 0 Å². The van der Waals surface area contributed by atoms with Crippen LogP contribution in [0.3, 0.4) is 0 Å². The Kier molecular flexibility index (Phi) is 2.75. The van der Waals surface area contributed by atoms with Gasteiger partial charge in [-0.3, -0.25) is 4.90 Å². The lowest BCUT2D eigenvalue weighted by atomic mass is 9.88. The molecule has 1 atom stereocenters. The van der Waals surface area contributed by atoms with Gasteiger partial charge in [-0.1, -0.05) is 23.8 Å². The van der Waals surface area contributed by atoms with Crippen LogP contribution in [-0.4, -0.2) is 36.6 Å². The maximum Gasteiger partial charge on any atom is 0.0401 e. The molecule has 0 aromatic rings. The van der Waals surface area contributed by atoms with Crippen LogP contribution in [0.25, 0.3) is 0 Å². The lowest BCUT2D eigenvalue weighted by Gasteiger charge is -2.42. The molecule has 2 rings (SSSR count). The van der Waals surface area contributed by atoms with E-state index in [-0.39, 0.29) is 5.54 Å². The fourth-order valence-corrected chi connectivity index (χ4v) is 2.22. The SMILES string of the molecule is CC1=CCC(C)(N2CCNCC2)C=C1. The highest BCUT2D eigenvalue weighted by molar-refractivity contribution is 5.27. The normalized spacial score (nSPS) is 34.3. The van der Waals surface area contributed by atoms with Crippen molar-refractivity contribution in [1.82, 2.24) is 10.2 Å². The molecule has 1 aliphatic heterocycles. The Morgan fingerprint density at radius 1 is 1.36 bits per heavy atom. The molecule has 2 nitrogen and oxygen atoms in total. The number of piperazine rings is 1. The summed E-state index contributed by atoms with van der Waals surface area (Å²) in [6.07, 6.45) is 8.14. The maximum absolute atomic E-state index is 3.40. The van der Waals surface area contributed by atoms with Crippen LogP contribution in [-0.2, 0) is 0 Å². The summed E-state index contributed by atoms with van der Waals surface area (Å²) in [5.41, 5.74) is 1.67. The van der Waals surface area contributed by atoms with Crippen molar-refractivity contribution in [3.63, 3.8) is 0 Å². The molecule has 14 heavy (non-hydrogen) atoms. The Morgan fingerprint density at radius 3 is 2.64 bits per heavy atom. The monoisotopic (exact) mass is 192 g/mol. The summed E-state index contributed by atoms with van der Waals surface area (Å²) in [5, 5.41) is 3.40. The van der Waals surface area contributed by atoms with Gasteiger partial charge in [0.1, 0.15) is 0 Å². The van der Waals surface area contributed by atoms with Gasteiger partial charge in [-0.2, -0.15) is 0 Å². The number of hydrogen-bond acceptors (Lipinski definition) is 2. The van der Waals surface area contributed by atoms with Gasteiger partial charge in [0.05, 0.1) is 0 Å². The van der Waals surface area contributed by atoms with Crippen molar-refractivity contribution >= 4 is 0 Å². The summed E-state index contributed by atoms with van der Waals surface area (Å²) >= 11 is 0. The van der Waals surface area contributed by atoms with Gasteiger partial charge in [-0.25, -0.2) is 0 Å². The smallest absolute Gasteiger partial charge is 0.0401 e. The van der Waals surface area contributed by atoms with Gasteiger partial charge in [0, 0.05) is 31.7 Å². The zero-order valence-corrected chi connectivity index (χ0v) is 9.21. The minimum absolute atomic E-state index is 0.265. The average Bonchev–Trinajstić information content (AvgIpc) is 2.24. The largest absolute Gasteiger partial charge is 0.314 e. The second-order valence-corrected chi connectivity index (χ2v) is 4.58. The predicted octanol–water partition coefficient (Wildman–Crippen LogP) is 1.56. The molecule has 0 saturated carbocycles. The number of nitrogens with zero attached hydrogens (tertiary/aromatic N) is 1. The van der Waals surface area contributed by atoms with E-state index in [9.17, 15) is 0 Å². The van der Waals surface area contributed by atoms with Gasteiger partial charge in [0.2, 0.25) is 0 Å². The third-order valence-corrected chi connectivity index (χ3v) is 3.38. The zero-order chi connectivity index (χ0) is 10.0. The quantitative estimate of drug-likeness (QED) is 0.678. The molecule has 1 aliphatic carbocycles. The molecule has 0 aromatic heterocycles. The first kappa shape index (κ1) is 9.94. The highest BCUT2D eigenvalue weighted by Gasteiger charge is 2.30. The minimum atomic E-state index is 0.265. The standard InChI is InChI=1S/C12H20N2/c1-11-3-5-12(2,6-4-11)14-9-7-13-8-10-14/h3-5,13H,6-10H2,1-2H3. The van der Waals surface area contributed by atoms with Crippen LogP contribution < -0.4 is 5.32 Å². The van der Waals surface area contributed by atoms with Crippen molar-refractivity contribution in [3.05, 3.63) is 23.8 Å². The number of hydrogen-bond donors (Lipinski definition) is 1. The lowest BCUT2D eigenvalue weighted by molar-refractivity contribution is 0.128. The van der Waals surface area contributed by atoms with Crippen LogP contribution in [0, 0.1) is 0 Å². The molecule has 1 heterocycles. The zero-order valence-electron chi connectivity index (χ0n) is 9.21. The van der Waals surface area contributed by atoms with E-state index < -0.39 is 0 Å². The van der Waals surface area contributed by atoms with Gasteiger partial charge in [-0.15, -0.1) is 0 Å². The highest BCUT2D eigenvalue weighted by atomic mass is 15.2. The Labute approximate surface area is 86.7 Å². The fraction of sp³-hybridized carbons (Fsp3) is 0.667. The van der Waals surface area contributed by atoms with Crippen LogP contribution in [0.15, 0.2) is 23.8 Å². The van der Waals surface area contributed by atoms with E-state index in [4.69, 9.17) is 0 Å². The molecule has 1 unspecified atom stereocenters. The van der Waals surface area contributed by atoms with E-state index in [0.29, 0.717) is 0 Å². The van der Waals surface area contributed by atoms with Gasteiger partial charge in [0.15, 0.2) is 0 Å². The van der Waals surface area contributed by atoms with Gasteiger partial charge in [-0.05, 0) is 20.3 Å². The van der Waals surface area contributed by atoms with E-state index in [1.165, 1.54) is 18.7 Å². The minimum Gasteiger partial charge on any atom is -0.314 e. The summed E-state index contributed by atoms with van der Waals surface area (Å²) in [7, 11) is 0. The molecule has 0 aromatic carbocycles. The number of allylic oxidation sites excluding steroid dienone is 2. The van der Waals surface area contributed by atoms with E-state index >= 15 is 0 Å². The Hall–Kier alpha value is -0.600. The summed E-state index contributed by atoms with van der Waals surface area (Å²) in [6, 6.07) is 0. The van der Waals surface area contributed by atoms with Gasteiger partial charge in [0.25, 0.3) is 0 Å². The van der Waals surface area contributed by atoms with E-state index in [1.54, 1.807) is 0 Å². The molecule has 2 heteroatoms. The van der Waals surface area contributed by atoms with Crippen molar-refractivity contribution in [2.24, 2.45) is 0 Å². The highest BCUT2D eigenvalue weighted by Crippen LogP contribution is 2.27. The molecule has 1 N–H and O–H groups in total. The third kappa shape index (κ3) is 1.91. The van der Waals surface area contributed by atoms with Gasteiger partial charge >= 0.3 is 0 Å². The molecular formula is C12H20N2. The number of nitrogens with one attached hydrogen (secondary N) is 1. The second-order valence-electron chi connectivity index (χ2n) is 4.58. The topological polar surface area (TPSA) is 15.3 Å². The van der Waals surface area contributed by atoms with Crippen molar-refractivity contribution in [2.75, 3.05) is 26.2 Å². The Balaban J connectivity index is 2.05. The first-order chi connectivity index (χ1) is 6.71. The van der Waals surface area contributed by atoms with Crippen molar-refractivity contribution < 1.29 is 0 Å². The van der Waals surface area contributed by atoms with Gasteiger partial charge < -0.3 is 5.32 Å².